The van der Waals surface area contributed by atoms with Crippen molar-refractivity contribution in [2.24, 2.45) is 0 Å². The van der Waals surface area contributed by atoms with Crippen molar-refractivity contribution in [3.05, 3.63) is 21.7 Å². The van der Waals surface area contributed by atoms with E-state index in [-0.39, 0.29) is 0 Å². The van der Waals surface area contributed by atoms with Crippen LogP contribution in [0.15, 0.2) is 10.5 Å². The van der Waals surface area contributed by atoms with Gasteiger partial charge in [-0.1, -0.05) is 0 Å². The largest absolute Gasteiger partial charge is 0.496 e. The first-order chi connectivity index (χ1) is 7.81. The molecule has 1 aromatic rings. The third-order valence-electron chi connectivity index (χ3n) is 3.34. The second-order valence-electron chi connectivity index (χ2n) is 4.24. The summed E-state index contributed by atoms with van der Waals surface area (Å²) in [6.07, 6.45) is 0.972. The quantitative estimate of drug-likeness (QED) is 0.902. The average Bonchev–Trinajstić information content (AvgIpc) is 2.68. The zero-order valence-corrected chi connectivity index (χ0v) is 10.8. The van der Waals surface area contributed by atoms with E-state index in [2.05, 4.69) is 27.3 Å². The monoisotopic (exact) mass is 283 g/mol. The van der Waals surface area contributed by atoms with Crippen molar-refractivity contribution in [2.45, 2.75) is 12.3 Å². The summed E-state index contributed by atoms with van der Waals surface area (Å²) >= 11 is 3.60. The number of hydrogen-bond donors (Lipinski definition) is 1. The van der Waals surface area contributed by atoms with Crippen LogP contribution in [0.25, 0.3) is 0 Å². The minimum absolute atomic E-state index is 0.578. The minimum Gasteiger partial charge on any atom is -0.496 e. The fourth-order valence-electron chi connectivity index (χ4n) is 2.30. The fraction of sp³-hybridized carbons (Fsp3) is 0.500. The van der Waals surface area contributed by atoms with Gasteiger partial charge in [0.25, 0.3) is 0 Å². The summed E-state index contributed by atoms with van der Waals surface area (Å²) in [5.41, 5.74) is 2.56. The molecule has 1 aromatic carbocycles. The lowest BCUT2D eigenvalue weighted by Gasteiger charge is -2.29. The Morgan fingerprint density at radius 1 is 1.50 bits per heavy atom. The molecular formula is C12H14BrNO2. The number of ether oxygens (including phenoxy) is 2. The van der Waals surface area contributed by atoms with Gasteiger partial charge in [0.2, 0.25) is 0 Å². The highest BCUT2D eigenvalue weighted by Crippen LogP contribution is 2.44. The molecule has 0 atom stereocenters. The Morgan fingerprint density at radius 2 is 2.31 bits per heavy atom. The van der Waals surface area contributed by atoms with Gasteiger partial charge < -0.3 is 14.8 Å². The lowest BCUT2D eigenvalue weighted by molar-refractivity contribution is 0.342. The zero-order valence-electron chi connectivity index (χ0n) is 9.18. The van der Waals surface area contributed by atoms with Crippen LogP contribution in [0, 0.1) is 0 Å². The molecular weight excluding hydrogens is 270 g/mol. The molecule has 0 radical (unpaired) electrons. The van der Waals surface area contributed by atoms with Crippen LogP contribution in [-0.2, 0) is 6.42 Å². The predicted molar refractivity (Wildman–Crippen MR) is 65.5 cm³/mol. The molecule has 1 saturated heterocycles. The van der Waals surface area contributed by atoms with Crippen molar-refractivity contribution in [3.63, 3.8) is 0 Å². The molecule has 16 heavy (non-hydrogen) atoms. The summed E-state index contributed by atoms with van der Waals surface area (Å²) in [6, 6.07) is 2.11. The van der Waals surface area contributed by atoms with E-state index in [1.807, 2.05) is 0 Å². The first kappa shape index (κ1) is 10.4. The van der Waals surface area contributed by atoms with E-state index in [9.17, 15) is 0 Å². The summed E-state index contributed by atoms with van der Waals surface area (Å²) in [6.45, 7) is 2.87. The van der Waals surface area contributed by atoms with Crippen LogP contribution >= 0.6 is 15.9 Å². The van der Waals surface area contributed by atoms with E-state index in [1.165, 1.54) is 11.1 Å². The molecule has 1 fully saturated rings. The Labute approximate surface area is 103 Å². The van der Waals surface area contributed by atoms with Crippen LogP contribution < -0.4 is 14.8 Å². The smallest absolute Gasteiger partial charge is 0.133 e. The number of nitrogens with one attached hydrogen (secondary N) is 1. The van der Waals surface area contributed by atoms with Crippen LogP contribution in [0.3, 0.4) is 0 Å². The van der Waals surface area contributed by atoms with E-state index in [1.54, 1.807) is 7.11 Å². The van der Waals surface area contributed by atoms with Crippen LogP contribution in [0.2, 0.25) is 0 Å². The highest BCUT2D eigenvalue weighted by molar-refractivity contribution is 9.10. The first-order valence-electron chi connectivity index (χ1n) is 5.54. The molecule has 0 saturated carbocycles. The predicted octanol–water partition coefficient (Wildman–Crippen LogP) is 2.08. The van der Waals surface area contributed by atoms with Crippen LogP contribution in [0.4, 0.5) is 0 Å². The lowest BCUT2D eigenvalue weighted by atomic mass is 9.91. The maximum absolute atomic E-state index is 5.75. The topological polar surface area (TPSA) is 30.5 Å². The van der Waals surface area contributed by atoms with Crippen molar-refractivity contribution in [1.82, 2.24) is 5.32 Å². The Balaban J connectivity index is 2.12. The summed E-state index contributed by atoms with van der Waals surface area (Å²) in [5, 5.41) is 3.29. The van der Waals surface area contributed by atoms with E-state index in [4.69, 9.17) is 9.47 Å². The SMILES string of the molecule is COc1cc(C2CNC2)c2c(c1Br)CCO2. The van der Waals surface area contributed by atoms with Crippen molar-refractivity contribution < 1.29 is 9.47 Å². The molecule has 3 nitrogen and oxygen atoms in total. The summed E-state index contributed by atoms with van der Waals surface area (Å²) < 4.78 is 12.2. The van der Waals surface area contributed by atoms with Crippen LogP contribution in [0.5, 0.6) is 11.5 Å². The maximum atomic E-state index is 5.75. The normalized spacial score (nSPS) is 18.9. The Hall–Kier alpha value is -0.740. The number of fused-ring (bicyclic) bond motifs is 1. The average molecular weight is 284 g/mol. The zero-order chi connectivity index (χ0) is 11.1. The molecule has 0 aromatic heterocycles. The number of methoxy groups -OCH3 is 1. The third-order valence-corrected chi connectivity index (χ3v) is 4.21. The molecule has 0 spiro atoms. The highest BCUT2D eigenvalue weighted by atomic mass is 79.9. The molecule has 2 heterocycles. The molecule has 0 bridgehead atoms. The molecule has 0 aliphatic carbocycles. The number of halogens is 1. The Morgan fingerprint density at radius 3 is 2.94 bits per heavy atom. The molecule has 3 rings (SSSR count). The Bertz CT molecular complexity index is 430. The van der Waals surface area contributed by atoms with E-state index in [0.29, 0.717) is 5.92 Å². The van der Waals surface area contributed by atoms with Crippen LogP contribution in [-0.4, -0.2) is 26.8 Å². The third kappa shape index (κ3) is 1.44. The first-order valence-corrected chi connectivity index (χ1v) is 6.33. The Kier molecular flexibility index (Phi) is 2.56. The van der Waals surface area contributed by atoms with E-state index < -0.39 is 0 Å². The van der Waals surface area contributed by atoms with Gasteiger partial charge in [-0.2, -0.15) is 0 Å². The summed E-state index contributed by atoms with van der Waals surface area (Å²) in [5.74, 6) is 2.58. The van der Waals surface area contributed by atoms with Gasteiger partial charge in [-0.05, 0) is 22.0 Å². The number of rotatable bonds is 2. The van der Waals surface area contributed by atoms with Gasteiger partial charge in [0.1, 0.15) is 11.5 Å². The molecule has 2 aliphatic heterocycles. The van der Waals surface area contributed by atoms with Gasteiger partial charge in [-0.3, -0.25) is 0 Å². The number of hydrogen-bond acceptors (Lipinski definition) is 3. The minimum atomic E-state index is 0.578. The van der Waals surface area contributed by atoms with Gasteiger partial charge in [0.15, 0.2) is 0 Å². The molecule has 0 amide bonds. The fourth-order valence-corrected chi connectivity index (χ4v) is 2.96. The van der Waals surface area contributed by atoms with Gasteiger partial charge >= 0.3 is 0 Å². The van der Waals surface area contributed by atoms with Gasteiger partial charge in [0.05, 0.1) is 18.2 Å². The van der Waals surface area contributed by atoms with Crippen LogP contribution in [0.1, 0.15) is 17.0 Å². The molecule has 4 heteroatoms. The summed E-state index contributed by atoms with van der Waals surface area (Å²) in [7, 11) is 1.71. The highest BCUT2D eigenvalue weighted by Gasteiger charge is 2.29. The molecule has 86 valence electrons. The van der Waals surface area contributed by atoms with Crippen molar-refractivity contribution in [3.8, 4) is 11.5 Å². The molecule has 0 unspecified atom stereocenters. The maximum Gasteiger partial charge on any atom is 0.133 e. The summed E-state index contributed by atoms with van der Waals surface area (Å²) in [4.78, 5) is 0. The van der Waals surface area contributed by atoms with E-state index in [0.717, 1.165) is 42.1 Å². The molecule has 1 N–H and O–H groups in total. The van der Waals surface area contributed by atoms with Gasteiger partial charge in [-0.25, -0.2) is 0 Å². The second kappa shape index (κ2) is 3.93. The second-order valence-corrected chi connectivity index (χ2v) is 5.04. The number of benzene rings is 1. The van der Waals surface area contributed by atoms with Crippen molar-refractivity contribution in [1.29, 1.82) is 0 Å². The molecule has 2 aliphatic rings. The van der Waals surface area contributed by atoms with Gasteiger partial charge in [0, 0.05) is 36.6 Å². The van der Waals surface area contributed by atoms with E-state index >= 15 is 0 Å². The standard InChI is InChI=1S/C12H14BrNO2/c1-15-10-4-9(7-5-14-6-7)12-8(11(10)13)2-3-16-12/h4,7,14H,2-3,5-6H2,1H3. The van der Waals surface area contributed by atoms with Gasteiger partial charge in [-0.15, -0.1) is 0 Å². The van der Waals surface area contributed by atoms with Crippen molar-refractivity contribution in [2.75, 3.05) is 26.8 Å². The van der Waals surface area contributed by atoms with Crippen molar-refractivity contribution >= 4 is 15.9 Å². The lowest BCUT2D eigenvalue weighted by Crippen LogP contribution is -2.40.